The van der Waals surface area contributed by atoms with Gasteiger partial charge in [0.1, 0.15) is 11.8 Å². The van der Waals surface area contributed by atoms with E-state index in [0.717, 1.165) is 12.1 Å². The van der Waals surface area contributed by atoms with Crippen LogP contribution >= 0.6 is 0 Å². The summed E-state index contributed by atoms with van der Waals surface area (Å²) in [5.74, 6) is -1.20. The predicted octanol–water partition coefficient (Wildman–Crippen LogP) is 4.40. The lowest BCUT2D eigenvalue weighted by molar-refractivity contribution is -0.137. The molecule has 0 aliphatic rings. The summed E-state index contributed by atoms with van der Waals surface area (Å²) in [5.41, 5.74) is 0.310. The second-order valence-electron chi connectivity index (χ2n) is 8.43. The van der Waals surface area contributed by atoms with E-state index in [1.54, 1.807) is 30.3 Å². The lowest BCUT2D eigenvalue weighted by Gasteiger charge is -2.19. The molecule has 36 heavy (non-hydrogen) atoms. The van der Waals surface area contributed by atoms with Gasteiger partial charge in [0.25, 0.3) is 11.8 Å². The molecule has 3 aromatic rings. The Morgan fingerprint density at radius 3 is 2.33 bits per heavy atom. The molecule has 190 valence electrons. The molecule has 0 spiro atoms. The summed E-state index contributed by atoms with van der Waals surface area (Å²) < 4.78 is 44.4. The maximum absolute atomic E-state index is 12.9. The molecule has 1 aromatic heterocycles. The van der Waals surface area contributed by atoms with Gasteiger partial charge in [0.2, 0.25) is 5.91 Å². The molecule has 0 aliphatic carbocycles. The quantitative estimate of drug-likeness (QED) is 0.426. The molecule has 0 aliphatic heterocycles. The van der Waals surface area contributed by atoms with Crippen LogP contribution in [0.3, 0.4) is 0 Å². The first-order valence-electron chi connectivity index (χ1n) is 11.2. The summed E-state index contributed by atoms with van der Waals surface area (Å²) in [6.45, 7) is 3.69. The fourth-order valence-corrected chi connectivity index (χ4v) is 3.47. The van der Waals surface area contributed by atoms with Gasteiger partial charge in [0, 0.05) is 24.7 Å². The van der Waals surface area contributed by atoms with Gasteiger partial charge in [0.15, 0.2) is 5.76 Å². The van der Waals surface area contributed by atoms with Crippen molar-refractivity contribution < 1.29 is 32.0 Å². The summed E-state index contributed by atoms with van der Waals surface area (Å²) in [4.78, 5) is 37.0. The maximum atomic E-state index is 12.9. The van der Waals surface area contributed by atoms with Crippen molar-refractivity contribution in [2.24, 2.45) is 5.92 Å². The minimum absolute atomic E-state index is 0.0304. The van der Waals surface area contributed by atoms with Gasteiger partial charge >= 0.3 is 6.18 Å². The molecular formula is C26H26F3N3O4. The molecule has 0 fully saturated rings. The Kier molecular flexibility index (Phi) is 8.18. The smallest absolute Gasteiger partial charge is 0.416 e. The van der Waals surface area contributed by atoms with Crippen LogP contribution in [-0.2, 0) is 17.5 Å². The molecule has 0 radical (unpaired) electrons. The molecule has 0 saturated heterocycles. The van der Waals surface area contributed by atoms with Crippen LogP contribution in [0.25, 0.3) is 11.3 Å². The zero-order valence-electron chi connectivity index (χ0n) is 19.9. The summed E-state index contributed by atoms with van der Waals surface area (Å²) in [7, 11) is 1.49. The predicted molar refractivity (Wildman–Crippen MR) is 127 cm³/mol. The first-order valence-corrected chi connectivity index (χ1v) is 11.2. The highest BCUT2D eigenvalue weighted by atomic mass is 19.4. The Morgan fingerprint density at radius 1 is 0.944 bits per heavy atom. The largest absolute Gasteiger partial charge is 0.451 e. The van der Waals surface area contributed by atoms with Crippen molar-refractivity contribution in [1.29, 1.82) is 0 Å². The van der Waals surface area contributed by atoms with Crippen LogP contribution in [0.15, 0.2) is 65.1 Å². The summed E-state index contributed by atoms with van der Waals surface area (Å²) in [6, 6.07) is 13.5. The number of hydrogen-bond donors (Lipinski definition) is 3. The maximum Gasteiger partial charge on any atom is 0.416 e. The number of benzene rings is 2. The van der Waals surface area contributed by atoms with Crippen LogP contribution in [0.5, 0.6) is 0 Å². The van der Waals surface area contributed by atoms with Gasteiger partial charge in [-0.15, -0.1) is 0 Å². The monoisotopic (exact) mass is 501 g/mol. The van der Waals surface area contributed by atoms with Crippen LogP contribution < -0.4 is 16.0 Å². The van der Waals surface area contributed by atoms with Crippen molar-refractivity contribution in [2.75, 3.05) is 7.05 Å². The number of likely N-dealkylation sites (N-methyl/N-ethyl adjacent to an activating group) is 1. The van der Waals surface area contributed by atoms with E-state index in [2.05, 4.69) is 16.0 Å². The van der Waals surface area contributed by atoms with Crippen molar-refractivity contribution in [2.45, 2.75) is 32.6 Å². The van der Waals surface area contributed by atoms with Crippen LogP contribution in [0.4, 0.5) is 13.2 Å². The minimum atomic E-state index is -4.54. The molecule has 10 heteroatoms. The fourth-order valence-electron chi connectivity index (χ4n) is 3.47. The van der Waals surface area contributed by atoms with Crippen molar-refractivity contribution in [3.8, 4) is 11.3 Å². The van der Waals surface area contributed by atoms with E-state index < -0.39 is 29.6 Å². The lowest BCUT2D eigenvalue weighted by atomic mass is 10.0. The molecule has 3 rings (SSSR count). The number of rotatable bonds is 8. The van der Waals surface area contributed by atoms with E-state index in [0.29, 0.717) is 16.9 Å². The van der Waals surface area contributed by atoms with Crippen LogP contribution in [-0.4, -0.2) is 30.8 Å². The number of hydrogen-bond acceptors (Lipinski definition) is 4. The van der Waals surface area contributed by atoms with Crippen LogP contribution in [0.2, 0.25) is 0 Å². The highest BCUT2D eigenvalue weighted by Crippen LogP contribution is 2.29. The van der Waals surface area contributed by atoms with E-state index in [1.807, 2.05) is 13.8 Å². The van der Waals surface area contributed by atoms with Crippen molar-refractivity contribution in [3.63, 3.8) is 0 Å². The molecular weight excluding hydrogens is 475 g/mol. The van der Waals surface area contributed by atoms with Gasteiger partial charge in [-0.3, -0.25) is 14.4 Å². The first kappa shape index (κ1) is 26.5. The van der Waals surface area contributed by atoms with Crippen molar-refractivity contribution in [3.05, 3.63) is 83.1 Å². The molecule has 1 atom stereocenters. The molecule has 3 amide bonds. The third-order valence-electron chi connectivity index (χ3n) is 5.43. The van der Waals surface area contributed by atoms with Gasteiger partial charge in [-0.05, 0) is 47.9 Å². The number of halogens is 3. The molecule has 0 bridgehead atoms. The van der Waals surface area contributed by atoms with Crippen LogP contribution in [0, 0.1) is 5.92 Å². The van der Waals surface area contributed by atoms with Gasteiger partial charge in [-0.25, -0.2) is 0 Å². The normalized spacial score (nSPS) is 12.2. The molecule has 7 nitrogen and oxygen atoms in total. The Bertz CT molecular complexity index is 1250. The molecule has 1 unspecified atom stereocenters. The third-order valence-corrected chi connectivity index (χ3v) is 5.43. The first-order chi connectivity index (χ1) is 17.0. The van der Waals surface area contributed by atoms with Gasteiger partial charge in [-0.1, -0.05) is 38.1 Å². The number of carbonyl (C=O) groups is 3. The van der Waals surface area contributed by atoms with Gasteiger partial charge in [0.05, 0.1) is 5.56 Å². The zero-order valence-corrected chi connectivity index (χ0v) is 19.9. The van der Waals surface area contributed by atoms with Crippen molar-refractivity contribution in [1.82, 2.24) is 16.0 Å². The Hall–Kier alpha value is -4.08. The van der Waals surface area contributed by atoms with Crippen molar-refractivity contribution >= 4 is 17.7 Å². The lowest BCUT2D eigenvalue weighted by Crippen LogP contribution is -2.48. The van der Waals surface area contributed by atoms with E-state index in [-0.39, 0.29) is 29.7 Å². The van der Waals surface area contributed by atoms with Gasteiger partial charge in [-0.2, -0.15) is 13.2 Å². The zero-order chi connectivity index (χ0) is 26.5. The molecule has 2 aromatic carbocycles. The topological polar surface area (TPSA) is 100 Å². The highest BCUT2D eigenvalue weighted by Gasteiger charge is 2.31. The van der Waals surface area contributed by atoms with E-state index in [1.165, 1.54) is 25.2 Å². The average molecular weight is 502 g/mol. The Balaban J connectivity index is 1.68. The number of alkyl halides is 3. The minimum Gasteiger partial charge on any atom is -0.451 e. The van der Waals surface area contributed by atoms with E-state index >= 15 is 0 Å². The second kappa shape index (κ2) is 11.1. The van der Waals surface area contributed by atoms with E-state index in [4.69, 9.17) is 4.42 Å². The molecule has 3 N–H and O–H groups in total. The molecule has 1 heterocycles. The number of nitrogens with one attached hydrogen (secondary N) is 3. The summed E-state index contributed by atoms with van der Waals surface area (Å²) in [6.07, 6.45) is -4.54. The summed E-state index contributed by atoms with van der Waals surface area (Å²) >= 11 is 0. The second-order valence-corrected chi connectivity index (χ2v) is 8.43. The van der Waals surface area contributed by atoms with Crippen LogP contribution in [0.1, 0.15) is 45.9 Å². The number of carbonyl (C=O) groups excluding carboxylic acids is 3. The van der Waals surface area contributed by atoms with Gasteiger partial charge < -0.3 is 20.4 Å². The SMILES string of the molecule is CNC(=O)C(NC(=O)c1ccc(-c2cccc(CNC(=O)c3cccc(C(F)(F)F)c3)c2)o1)C(C)C. The average Bonchev–Trinajstić information content (AvgIpc) is 3.35. The van der Waals surface area contributed by atoms with E-state index in [9.17, 15) is 27.6 Å². The highest BCUT2D eigenvalue weighted by molar-refractivity contribution is 5.96. The fraction of sp³-hybridized carbons (Fsp3) is 0.269. The standard InChI is InChI=1S/C26H26F3N3O4/c1-15(2)22(25(35)30-3)32-24(34)21-11-10-20(36-21)17-7-4-6-16(12-17)14-31-23(33)18-8-5-9-19(13-18)26(27,28)29/h4-13,15,22H,14H2,1-3H3,(H,30,35)(H,31,33)(H,32,34). The number of amides is 3. The Morgan fingerprint density at radius 2 is 1.67 bits per heavy atom. The summed E-state index contributed by atoms with van der Waals surface area (Å²) in [5, 5.41) is 7.78. The molecule has 0 saturated carbocycles. The number of furan rings is 1. The Labute approximate surface area is 206 Å². The third kappa shape index (κ3) is 6.53.